The van der Waals surface area contributed by atoms with Crippen LogP contribution in [0.3, 0.4) is 0 Å². The van der Waals surface area contributed by atoms with E-state index in [1.165, 1.54) is 0 Å². The minimum atomic E-state index is -4.50. The van der Waals surface area contributed by atoms with E-state index in [9.17, 15) is 18.0 Å². The monoisotopic (exact) mass is 346 g/mol. The Balaban J connectivity index is 1.90. The van der Waals surface area contributed by atoms with Gasteiger partial charge in [-0.1, -0.05) is 6.07 Å². The molecule has 2 aromatic heterocycles. The molecule has 0 saturated heterocycles. The molecular formula is C14H17F3N4OS. The lowest BCUT2D eigenvalue weighted by atomic mass is 10.2. The molecule has 0 saturated carbocycles. The van der Waals surface area contributed by atoms with E-state index in [1.54, 1.807) is 11.3 Å². The molecule has 126 valence electrons. The van der Waals surface area contributed by atoms with Crippen molar-refractivity contribution in [2.45, 2.75) is 18.8 Å². The van der Waals surface area contributed by atoms with Gasteiger partial charge in [-0.05, 0) is 31.6 Å². The van der Waals surface area contributed by atoms with Crippen LogP contribution < -0.4 is 5.32 Å². The van der Waals surface area contributed by atoms with Crippen molar-refractivity contribution in [1.29, 1.82) is 0 Å². The lowest BCUT2D eigenvalue weighted by Crippen LogP contribution is -2.36. The van der Waals surface area contributed by atoms with Crippen LogP contribution >= 0.6 is 11.3 Å². The quantitative estimate of drug-likeness (QED) is 0.874. The Labute approximate surface area is 135 Å². The molecule has 0 unspecified atom stereocenters. The number of thiophene rings is 1. The maximum absolute atomic E-state index is 12.5. The molecule has 9 heteroatoms. The predicted molar refractivity (Wildman–Crippen MR) is 81.0 cm³/mol. The number of hydrogen-bond donors (Lipinski definition) is 1. The van der Waals surface area contributed by atoms with E-state index in [-0.39, 0.29) is 18.5 Å². The van der Waals surface area contributed by atoms with Crippen molar-refractivity contribution in [1.82, 2.24) is 20.0 Å². The lowest BCUT2D eigenvalue weighted by molar-refractivity contribution is -0.141. The highest BCUT2D eigenvalue weighted by Crippen LogP contribution is 2.27. The maximum atomic E-state index is 12.5. The normalized spacial score (nSPS) is 13.3. The summed E-state index contributed by atoms with van der Waals surface area (Å²) >= 11 is 1.59. The number of carbonyl (C=O) groups excluding carboxylic acids is 1. The molecule has 0 radical (unpaired) electrons. The molecule has 2 heterocycles. The minimum absolute atomic E-state index is 0.0160. The Morgan fingerprint density at radius 3 is 2.70 bits per heavy atom. The summed E-state index contributed by atoms with van der Waals surface area (Å²) < 4.78 is 38.4. The Morgan fingerprint density at radius 1 is 1.43 bits per heavy atom. The SMILES string of the molecule is CN(C)[C@H](CNC(=O)Cn1ccc(C(F)(F)F)n1)c1cccs1. The molecule has 0 bridgehead atoms. The second kappa shape index (κ2) is 7.14. The van der Waals surface area contributed by atoms with E-state index < -0.39 is 11.9 Å². The maximum Gasteiger partial charge on any atom is 0.435 e. The van der Waals surface area contributed by atoms with Crippen molar-refractivity contribution in [2.24, 2.45) is 0 Å². The third-order valence-corrected chi connectivity index (χ3v) is 4.20. The smallest absolute Gasteiger partial charge is 0.353 e. The predicted octanol–water partition coefficient (Wildman–Crippen LogP) is 2.38. The molecule has 0 aliphatic carbocycles. The number of aromatic nitrogens is 2. The summed E-state index contributed by atoms with van der Waals surface area (Å²) in [5, 5.41) is 8.04. The van der Waals surface area contributed by atoms with Gasteiger partial charge in [0.05, 0.1) is 6.04 Å². The number of nitrogens with zero attached hydrogens (tertiary/aromatic N) is 3. The van der Waals surface area contributed by atoms with E-state index in [2.05, 4.69) is 10.4 Å². The molecule has 23 heavy (non-hydrogen) atoms. The average molecular weight is 346 g/mol. The first kappa shape index (κ1) is 17.5. The molecule has 1 amide bonds. The number of amides is 1. The van der Waals surface area contributed by atoms with Crippen molar-refractivity contribution in [3.63, 3.8) is 0 Å². The molecule has 0 fully saturated rings. The first-order valence-corrected chi connectivity index (χ1v) is 7.72. The summed E-state index contributed by atoms with van der Waals surface area (Å²) in [5.74, 6) is -0.384. The summed E-state index contributed by atoms with van der Waals surface area (Å²) in [6.07, 6.45) is -3.36. The average Bonchev–Trinajstić information content (AvgIpc) is 3.09. The minimum Gasteiger partial charge on any atom is -0.353 e. The zero-order valence-corrected chi connectivity index (χ0v) is 13.5. The van der Waals surface area contributed by atoms with Gasteiger partial charge >= 0.3 is 6.18 Å². The Morgan fingerprint density at radius 2 is 2.17 bits per heavy atom. The highest BCUT2D eigenvalue weighted by atomic mass is 32.1. The molecule has 0 aliphatic rings. The Kier molecular flexibility index (Phi) is 5.42. The summed E-state index contributed by atoms with van der Waals surface area (Å²) in [7, 11) is 3.80. The van der Waals surface area contributed by atoms with Gasteiger partial charge in [-0.15, -0.1) is 11.3 Å². The number of hydrogen-bond acceptors (Lipinski definition) is 4. The molecular weight excluding hydrogens is 329 g/mol. The van der Waals surface area contributed by atoms with E-state index >= 15 is 0 Å². The van der Waals surface area contributed by atoms with Crippen molar-refractivity contribution >= 4 is 17.2 Å². The topological polar surface area (TPSA) is 50.2 Å². The molecule has 0 spiro atoms. The van der Waals surface area contributed by atoms with Crippen molar-refractivity contribution in [3.05, 3.63) is 40.3 Å². The fraction of sp³-hybridized carbons (Fsp3) is 0.429. The van der Waals surface area contributed by atoms with Crippen molar-refractivity contribution in [3.8, 4) is 0 Å². The van der Waals surface area contributed by atoms with Crippen LogP contribution in [0.4, 0.5) is 13.2 Å². The summed E-state index contributed by atoms with van der Waals surface area (Å²) in [4.78, 5) is 15.0. The first-order chi connectivity index (χ1) is 10.8. The van der Waals surface area contributed by atoms with Gasteiger partial charge in [-0.3, -0.25) is 9.48 Å². The second-order valence-electron chi connectivity index (χ2n) is 5.20. The standard InChI is InChI=1S/C14H17F3N4OS/c1-20(2)10(11-4-3-7-23-11)8-18-13(22)9-21-6-5-12(19-21)14(15,16)17/h3-7,10H,8-9H2,1-2H3,(H,18,22)/t10-/m1/s1. The van der Waals surface area contributed by atoms with Crippen LogP contribution in [0.1, 0.15) is 16.6 Å². The number of alkyl halides is 3. The number of nitrogens with one attached hydrogen (secondary N) is 1. The van der Waals surface area contributed by atoms with Gasteiger partial charge in [0.25, 0.3) is 0 Å². The molecule has 5 nitrogen and oxygen atoms in total. The van der Waals surface area contributed by atoms with Crippen LogP contribution in [0.25, 0.3) is 0 Å². The molecule has 0 aromatic carbocycles. The molecule has 2 aromatic rings. The van der Waals surface area contributed by atoms with Gasteiger partial charge in [-0.25, -0.2) is 0 Å². The lowest BCUT2D eigenvalue weighted by Gasteiger charge is -2.23. The third-order valence-electron chi connectivity index (χ3n) is 3.22. The fourth-order valence-electron chi connectivity index (χ4n) is 2.03. The Hall–Kier alpha value is -1.87. The van der Waals surface area contributed by atoms with Gasteiger partial charge < -0.3 is 10.2 Å². The van der Waals surface area contributed by atoms with Gasteiger partial charge in [0.1, 0.15) is 6.54 Å². The molecule has 2 rings (SSSR count). The molecule has 1 atom stereocenters. The highest BCUT2D eigenvalue weighted by Gasteiger charge is 2.33. The summed E-state index contributed by atoms with van der Waals surface area (Å²) in [6, 6.07) is 4.77. The van der Waals surface area contributed by atoms with Gasteiger partial charge in [0.2, 0.25) is 5.91 Å². The van der Waals surface area contributed by atoms with Crippen LogP contribution in [0.2, 0.25) is 0 Å². The number of rotatable bonds is 6. The number of carbonyl (C=O) groups is 1. The van der Waals surface area contributed by atoms with Crippen molar-refractivity contribution < 1.29 is 18.0 Å². The van der Waals surface area contributed by atoms with E-state index in [4.69, 9.17) is 0 Å². The molecule has 0 aliphatic heterocycles. The first-order valence-electron chi connectivity index (χ1n) is 6.84. The highest BCUT2D eigenvalue weighted by molar-refractivity contribution is 7.10. The van der Waals surface area contributed by atoms with E-state index in [0.29, 0.717) is 6.54 Å². The zero-order chi connectivity index (χ0) is 17.0. The van der Waals surface area contributed by atoms with Crippen LogP contribution in [-0.4, -0.2) is 41.2 Å². The second-order valence-corrected chi connectivity index (χ2v) is 6.17. The van der Waals surface area contributed by atoms with E-state index in [1.807, 2.05) is 36.5 Å². The zero-order valence-electron chi connectivity index (χ0n) is 12.7. The third kappa shape index (κ3) is 4.80. The van der Waals surface area contributed by atoms with Crippen LogP contribution in [0, 0.1) is 0 Å². The fourth-order valence-corrected chi connectivity index (χ4v) is 2.96. The van der Waals surface area contributed by atoms with Gasteiger partial charge in [0.15, 0.2) is 5.69 Å². The van der Waals surface area contributed by atoms with Crippen LogP contribution in [0.5, 0.6) is 0 Å². The van der Waals surface area contributed by atoms with E-state index in [0.717, 1.165) is 21.8 Å². The largest absolute Gasteiger partial charge is 0.435 e. The van der Waals surface area contributed by atoms with Crippen LogP contribution in [0.15, 0.2) is 29.8 Å². The number of halogens is 3. The molecule has 1 N–H and O–H groups in total. The van der Waals surface area contributed by atoms with Crippen LogP contribution in [-0.2, 0) is 17.5 Å². The summed E-state index contributed by atoms with van der Waals surface area (Å²) in [5.41, 5.74) is -1.00. The Bertz CT molecular complexity index is 637. The van der Waals surface area contributed by atoms with Crippen molar-refractivity contribution in [2.75, 3.05) is 20.6 Å². The summed E-state index contributed by atoms with van der Waals surface area (Å²) in [6.45, 7) is 0.125. The number of likely N-dealkylation sites (N-methyl/N-ethyl adjacent to an activating group) is 1. The van der Waals surface area contributed by atoms with Gasteiger partial charge in [0, 0.05) is 17.6 Å². The van der Waals surface area contributed by atoms with Gasteiger partial charge in [-0.2, -0.15) is 18.3 Å².